The standard InChI is InChI=1S/C27H27N11O/c1-36-20-10-5-4-9-19(20)32-27(36)35-26-33-24(28-15-21-30-17-7-2-3-8-18(17)31-21)23-25(34-26)38(16-29-23)14-13-37-12-6-11-22(37)39/h2-5,7-10,16H,6,11-15H2,1H3,(H,30,31)(H2,28,32,33,34,35). The van der Waals surface area contributed by atoms with E-state index in [1.54, 1.807) is 6.33 Å². The van der Waals surface area contributed by atoms with Crippen molar-refractivity contribution in [1.82, 2.24) is 43.9 Å². The average molecular weight is 522 g/mol. The molecule has 1 fully saturated rings. The van der Waals surface area contributed by atoms with E-state index >= 15 is 0 Å². The van der Waals surface area contributed by atoms with Gasteiger partial charge in [-0.2, -0.15) is 9.97 Å². The zero-order valence-electron chi connectivity index (χ0n) is 21.4. The maximum Gasteiger partial charge on any atom is 0.233 e. The summed E-state index contributed by atoms with van der Waals surface area (Å²) in [5.74, 6) is 2.60. The normalized spacial score (nSPS) is 13.8. The van der Waals surface area contributed by atoms with E-state index in [1.165, 1.54) is 0 Å². The minimum Gasteiger partial charge on any atom is -0.361 e. The highest BCUT2D eigenvalue weighted by atomic mass is 16.2. The third-order valence-corrected chi connectivity index (χ3v) is 7.12. The second-order valence-electron chi connectivity index (χ2n) is 9.65. The number of para-hydroxylation sites is 4. The summed E-state index contributed by atoms with van der Waals surface area (Å²) in [7, 11) is 1.95. The fraction of sp³-hybridized carbons (Fsp3) is 0.259. The number of aryl methyl sites for hydroxylation is 1. The first-order valence-corrected chi connectivity index (χ1v) is 13.0. The summed E-state index contributed by atoms with van der Waals surface area (Å²) in [5, 5.41) is 6.69. The lowest BCUT2D eigenvalue weighted by atomic mass is 10.3. The van der Waals surface area contributed by atoms with Crippen LogP contribution in [0.5, 0.6) is 0 Å². The number of likely N-dealkylation sites (tertiary alicyclic amines) is 1. The Balaban J connectivity index is 1.22. The van der Waals surface area contributed by atoms with Gasteiger partial charge in [0, 0.05) is 33.1 Å². The summed E-state index contributed by atoms with van der Waals surface area (Å²) in [5.41, 5.74) is 5.09. The molecule has 0 unspecified atom stereocenters. The van der Waals surface area contributed by atoms with Gasteiger partial charge in [0.1, 0.15) is 5.82 Å². The van der Waals surface area contributed by atoms with Crippen molar-refractivity contribution in [3.8, 4) is 0 Å². The monoisotopic (exact) mass is 521 g/mol. The lowest BCUT2D eigenvalue weighted by Crippen LogP contribution is -2.28. The number of carbonyl (C=O) groups excluding carboxylic acids is 1. The van der Waals surface area contributed by atoms with Gasteiger partial charge < -0.3 is 24.3 Å². The van der Waals surface area contributed by atoms with Crippen LogP contribution in [-0.2, 0) is 24.9 Å². The molecule has 1 saturated heterocycles. The van der Waals surface area contributed by atoms with Crippen molar-refractivity contribution < 1.29 is 4.79 Å². The molecular weight excluding hydrogens is 494 g/mol. The number of benzene rings is 2. The summed E-state index contributed by atoms with van der Waals surface area (Å²) < 4.78 is 3.94. The van der Waals surface area contributed by atoms with Crippen molar-refractivity contribution in [3.63, 3.8) is 0 Å². The van der Waals surface area contributed by atoms with E-state index in [4.69, 9.17) is 15.0 Å². The van der Waals surface area contributed by atoms with E-state index in [9.17, 15) is 4.79 Å². The van der Waals surface area contributed by atoms with Crippen molar-refractivity contribution in [2.24, 2.45) is 7.05 Å². The highest BCUT2D eigenvalue weighted by Gasteiger charge is 2.21. The van der Waals surface area contributed by atoms with E-state index in [-0.39, 0.29) is 5.91 Å². The second kappa shape index (κ2) is 9.39. The lowest BCUT2D eigenvalue weighted by Gasteiger charge is -2.16. The van der Waals surface area contributed by atoms with Crippen LogP contribution in [0.15, 0.2) is 54.9 Å². The summed E-state index contributed by atoms with van der Waals surface area (Å²) in [6.07, 6.45) is 3.29. The maximum absolute atomic E-state index is 12.1. The number of imidazole rings is 3. The first-order chi connectivity index (χ1) is 19.1. The molecule has 12 nitrogen and oxygen atoms in total. The number of anilines is 3. The van der Waals surface area contributed by atoms with Crippen LogP contribution < -0.4 is 10.6 Å². The fourth-order valence-electron chi connectivity index (χ4n) is 5.07. The van der Waals surface area contributed by atoms with Gasteiger partial charge in [-0.1, -0.05) is 24.3 Å². The molecule has 0 spiro atoms. The second-order valence-corrected chi connectivity index (χ2v) is 9.65. The van der Waals surface area contributed by atoms with Crippen LogP contribution >= 0.6 is 0 Å². The Hall–Kier alpha value is -5.00. The Morgan fingerprint density at radius 1 is 0.974 bits per heavy atom. The van der Waals surface area contributed by atoms with Crippen LogP contribution in [-0.4, -0.2) is 62.9 Å². The number of nitrogens with one attached hydrogen (secondary N) is 3. The first kappa shape index (κ1) is 23.1. The number of hydrogen-bond acceptors (Lipinski definition) is 8. The molecule has 1 aliphatic heterocycles. The molecule has 39 heavy (non-hydrogen) atoms. The molecule has 0 bridgehead atoms. The molecule has 2 aromatic carbocycles. The molecule has 0 atom stereocenters. The van der Waals surface area contributed by atoms with Crippen LogP contribution in [0.2, 0.25) is 0 Å². The predicted octanol–water partition coefficient (Wildman–Crippen LogP) is 3.57. The molecule has 0 radical (unpaired) electrons. The molecule has 4 aromatic heterocycles. The van der Waals surface area contributed by atoms with Crippen molar-refractivity contribution in [2.75, 3.05) is 23.7 Å². The van der Waals surface area contributed by atoms with Gasteiger partial charge in [-0.3, -0.25) is 10.1 Å². The van der Waals surface area contributed by atoms with Gasteiger partial charge >= 0.3 is 0 Å². The number of carbonyl (C=O) groups is 1. The van der Waals surface area contributed by atoms with Crippen molar-refractivity contribution in [3.05, 3.63) is 60.7 Å². The summed E-state index contributed by atoms with van der Waals surface area (Å²) in [4.78, 5) is 41.0. The molecule has 7 rings (SSSR count). The number of aromatic amines is 1. The van der Waals surface area contributed by atoms with Gasteiger partial charge in [0.25, 0.3) is 0 Å². The summed E-state index contributed by atoms with van der Waals surface area (Å²) >= 11 is 0. The van der Waals surface area contributed by atoms with Gasteiger partial charge in [0.15, 0.2) is 17.0 Å². The van der Waals surface area contributed by atoms with Crippen LogP contribution in [0.4, 0.5) is 17.7 Å². The molecule has 1 amide bonds. The molecule has 5 heterocycles. The Morgan fingerprint density at radius 3 is 2.64 bits per heavy atom. The number of nitrogens with zero attached hydrogens (tertiary/aromatic N) is 8. The molecule has 12 heteroatoms. The van der Waals surface area contributed by atoms with Crippen LogP contribution in [0, 0.1) is 0 Å². The minimum atomic E-state index is 0.200. The number of rotatable bonds is 8. The number of amides is 1. The first-order valence-electron chi connectivity index (χ1n) is 13.0. The fourth-order valence-corrected chi connectivity index (χ4v) is 5.07. The smallest absolute Gasteiger partial charge is 0.233 e. The topological polar surface area (TPSA) is 134 Å². The number of hydrogen-bond donors (Lipinski definition) is 3. The highest BCUT2D eigenvalue weighted by Crippen LogP contribution is 2.25. The minimum absolute atomic E-state index is 0.200. The Kier molecular flexibility index (Phi) is 5.57. The molecule has 0 saturated carbocycles. The van der Waals surface area contributed by atoms with Gasteiger partial charge in [-0.05, 0) is 30.7 Å². The predicted molar refractivity (Wildman–Crippen MR) is 149 cm³/mol. The molecule has 0 aliphatic carbocycles. The largest absolute Gasteiger partial charge is 0.361 e. The van der Waals surface area contributed by atoms with Crippen LogP contribution in [0.3, 0.4) is 0 Å². The third kappa shape index (κ3) is 4.29. The Bertz CT molecular complexity index is 1800. The zero-order chi connectivity index (χ0) is 26.3. The Labute approximate surface area is 223 Å². The van der Waals surface area contributed by atoms with Gasteiger partial charge in [-0.25, -0.2) is 15.0 Å². The van der Waals surface area contributed by atoms with Crippen molar-refractivity contribution in [1.29, 1.82) is 0 Å². The van der Waals surface area contributed by atoms with Crippen LogP contribution in [0.1, 0.15) is 18.7 Å². The lowest BCUT2D eigenvalue weighted by molar-refractivity contribution is -0.127. The SMILES string of the molecule is Cn1c(Nc2nc(NCc3nc4ccccc4[nH]3)c3ncn(CCN4CCCC4=O)c3n2)nc2ccccc21. The van der Waals surface area contributed by atoms with Crippen LogP contribution in [0.25, 0.3) is 33.2 Å². The molecule has 196 valence electrons. The van der Waals surface area contributed by atoms with Crippen molar-refractivity contribution in [2.45, 2.75) is 25.9 Å². The highest BCUT2D eigenvalue weighted by molar-refractivity contribution is 5.85. The average Bonchev–Trinajstić information content (AvgIpc) is 3.72. The van der Waals surface area contributed by atoms with E-state index in [0.717, 1.165) is 40.9 Å². The summed E-state index contributed by atoms with van der Waals surface area (Å²) in [6.45, 7) is 2.43. The molecule has 1 aliphatic rings. The summed E-state index contributed by atoms with van der Waals surface area (Å²) in [6, 6.07) is 15.9. The van der Waals surface area contributed by atoms with Gasteiger partial charge in [0.05, 0.1) is 34.9 Å². The number of H-pyrrole nitrogens is 1. The maximum atomic E-state index is 12.1. The zero-order valence-corrected chi connectivity index (χ0v) is 21.4. The van der Waals surface area contributed by atoms with E-state index in [1.807, 2.05) is 69.6 Å². The van der Waals surface area contributed by atoms with E-state index in [2.05, 4.69) is 25.6 Å². The van der Waals surface area contributed by atoms with E-state index < -0.39 is 0 Å². The van der Waals surface area contributed by atoms with E-state index in [0.29, 0.717) is 54.9 Å². The third-order valence-electron chi connectivity index (χ3n) is 7.12. The van der Waals surface area contributed by atoms with Gasteiger partial charge in [-0.15, -0.1) is 0 Å². The number of aromatic nitrogens is 8. The molecular formula is C27H27N11O. The molecule has 6 aromatic rings. The van der Waals surface area contributed by atoms with Gasteiger partial charge in [0.2, 0.25) is 17.8 Å². The molecule has 3 N–H and O–H groups in total. The quantitative estimate of drug-likeness (QED) is 0.277. The number of fused-ring (bicyclic) bond motifs is 3. The van der Waals surface area contributed by atoms with Crippen molar-refractivity contribution >= 4 is 56.9 Å². The Morgan fingerprint density at radius 2 is 1.82 bits per heavy atom.